The lowest BCUT2D eigenvalue weighted by atomic mass is 9.96. The van der Waals surface area contributed by atoms with Gasteiger partial charge in [0.2, 0.25) is 0 Å². The molecule has 1 atom stereocenters. The van der Waals surface area contributed by atoms with E-state index in [1.54, 1.807) is 6.33 Å². The van der Waals surface area contributed by atoms with E-state index in [0.717, 1.165) is 25.1 Å². The van der Waals surface area contributed by atoms with E-state index in [2.05, 4.69) is 29.1 Å². The van der Waals surface area contributed by atoms with Crippen molar-refractivity contribution in [3.63, 3.8) is 0 Å². The van der Waals surface area contributed by atoms with Gasteiger partial charge in [0.05, 0.1) is 0 Å². The Balaban J connectivity index is 2.23. The number of aromatic nitrogens is 2. The molecule has 82 valence electrons. The minimum absolute atomic E-state index is 0.492. The molecule has 0 fully saturated rings. The highest BCUT2D eigenvalue weighted by Crippen LogP contribution is 2.24. The molecule has 0 saturated carbocycles. The molecule has 1 unspecified atom stereocenters. The van der Waals surface area contributed by atoms with Crippen LogP contribution >= 0.6 is 0 Å². The van der Waals surface area contributed by atoms with Gasteiger partial charge in [-0.25, -0.2) is 9.97 Å². The first-order valence-electron chi connectivity index (χ1n) is 5.90. The Labute approximate surface area is 91.3 Å². The second-order valence-electron chi connectivity index (χ2n) is 4.31. The van der Waals surface area contributed by atoms with Crippen LogP contribution < -0.4 is 5.32 Å². The number of nitrogens with zero attached hydrogens (tertiary/aromatic N) is 2. The van der Waals surface area contributed by atoms with Gasteiger partial charge in [-0.2, -0.15) is 0 Å². The average molecular weight is 205 g/mol. The molecule has 0 aromatic carbocycles. The highest BCUT2D eigenvalue weighted by Gasteiger charge is 2.15. The summed E-state index contributed by atoms with van der Waals surface area (Å²) in [5, 5.41) is 3.47. The largest absolute Gasteiger partial charge is 0.367 e. The molecular formula is C12H19N3. The highest BCUT2D eigenvalue weighted by atomic mass is 15.0. The Morgan fingerprint density at radius 1 is 1.33 bits per heavy atom. The summed E-state index contributed by atoms with van der Waals surface area (Å²) in [5.74, 6) is 1.06. The summed E-state index contributed by atoms with van der Waals surface area (Å²) in [4.78, 5) is 8.72. The van der Waals surface area contributed by atoms with E-state index in [0.29, 0.717) is 6.04 Å². The van der Waals surface area contributed by atoms with Gasteiger partial charge in [-0.3, -0.25) is 0 Å². The van der Waals surface area contributed by atoms with Crippen molar-refractivity contribution in [3.05, 3.63) is 17.6 Å². The lowest BCUT2D eigenvalue weighted by Gasteiger charge is -2.20. The zero-order valence-corrected chi connectivity index (χ0v) is 9.58. The molecule has 1 aliphatic rings. The fourth-order valence-electron chi connectivity index (χ4n) is 1.98. The maximum atomic E-state index is 4.36. The number of nitrogens with one attached hydrogen (secondary N) is 1. The van der Waals surface area contributed by atoms with E-state index in [-0.39, 0.29) is 0 Å². The maximum absolute atomic E-state index is 4.36. The molecular weight excluding hydrogens is 186 g/mol. The molecule has 0 aliphatic heterocycles. The Hall–Kier alpha value is -1.12. The molecule has 1 aromatic rings. The van der Waals surface area contributed by atoms with Gasteiger partial charge >= 0.3 is 0 Å². The number of rotatable bonds is 3. The molecule has 0 saturated heterocycles. The zero-order chi connectivity index (χ0) is 10.7. The van der Waals surface area contributed by atoms with Gasteiger partial charge in [-0.1, -0.05) is 6.92 Å². The first kappa shape index (κ1) is 10.4. The lowest BCUT2D eigenvalue weighted by Crippen LogP contribution is -2.18. The van der Waals surface area contributed by atoms with Gasteiger partial charge in [0, 0.05) is 17.3 Å². The Morgan fingerprint density at radius 3 is 2.93 bits per heavy atom. The van der Waals surface area contributed by atoms with Crippen molar-refractivity contribution in [2.75, 3.05) is 5.32 Å². The predicted octanol–water partition coefficient (Wildman–Crippen LogP) is 2.57. The first-order valence-corrected chi connectivity index (χ1v) is 5.90. The van der Waals surface area contributed by atoms with Crippen molar-refractivity contribution in [2.24, 2.45) is 0 Å². The molecule has 0 bridgehead atoms. The summed E-state index contributed by atoms with van der Waals surface area (Å²) in [6, 6.07) is 0.492. The fraction of sp³-hybridized carbons (Fsp3) is 0.667. The van der Waals surface area contributed by atoms with Crippen molar-refractivity contribution in [1.29, 1.82) is 0 Å². The van der Waals surface area contributed by atoms with Gasteiger partial charge in [-0.15, -0.1) is 0 Å². The number of fused-ring (bicyclic) bond motifs is 1. The van der Waals surface area contributed by atoms with E-state index in [1.165, 1.54) is 24.1 Å². The molecule has 1 aromatic heterocycles. The van der Waals surface area contributed by atoms with Gasteiger partial charge in [-0.05, 0) is 39.0 Å². The Morgan fingerprint density at radius 2 is 2.13 bits per heavy atom. The third-order valence-electron chi connectivity index (χ3n) is 3.12. The van der Waals surface area contributed by atoms with Gasteiger partial charge in [0.25, 0.3) is 0 Å². The van der Waals surface area contributed by atoms with Crippen molar-refractivity contribution in [1.82, 2.24) is 9.97 Å². The van der Waals surface area contributed by atoms with E-state index in [9.17, 15) is 0 Å². The predicted molar refractivity (Wildman–Crippen MR) is 62.0 cm³/mol. The third-order valence-corrected chi connectivity index (χ3v) is 3.12. The van der Waals surface area contributed by atoms with Gasteiger partial charge < -0.3 is 5.32 Å². The first-order chi connectivity index (χ1) is 7.31. The van der Waals surface area contributed by atoms with Crippen molar-refractivity contribution >= 4 is 5.82 Å². The van der Waals surface area contributed by atoms with Gasteiger partial charge in [0.1, 0.15) is 12.1 Å². The highest BCUT2D eigenvalue weighted by molar-refractivity contribution is 5.47. The molecule has 3 nitrogen and oxygen atoms in total. The SMILES string of the molecule is CCC(C)Nc1ncnc2c1CCCC2. The Kier molecular flexibility index (Phi) is 3.19. The van der Waals surface area contributed by atoms with E-state index >= 15 is 0 Å². The molecule has 0 radical (unpaired) electrons. The van der Waals surface area contributed by atoms with Crippen molar-refractivity contribution < 1.29 is 0 Å². The van der Waals surface area contributed by atoms with Gasteiger partial charge in [0.15, 0.2) is 0 Å². The van der Waals surface area contributed by atoms with E-state index in [1.807, 2.05) is 0 Å². The monoisotopic (exact) mass is 205 g/mol. The van der Waals surface area contributed by atoms with Crippen LogP contribution in [0.5, 0.6) is 0 Å². The van der Waals surface area contributed by atoms with Crippen LogP contribution in [0.15, 0.2) is 6.33 Å². The molecule has 1 heterocycles. The average Bonchev–Trinajstić information content (AvgIpc) is 2.29. The summed E-state index contributed by atoms with van der Waals surface area (Å²) >= 11 is 0. The van der Waals surface area contributed by atoms with E-state index in [4.69, 9.17) is 0 Å². The Bertz CT molecular complexity index is 336. The summed E-state index contributed by atoms with van der Waals surface area (Å²) in [7, 11) is 0. The topological polar surface area (TPSA) is 37.8 Å². The number of anilines is 1. The van der Waals surface area contributed by atoms with Crippen LogP contribution in [0.1, 0.15) is 44.4 Å². The standard InChI is InChI=1S/C12H19N3/c1-3-9(2)15-12-10-6-4-5-7-11(10)13-8-14-12/h8-9H,3-7H2,1-2H3,(H,13,14,15). The second-order valence-corrected chi connectivity index (χ2v) is 4.31. The van der Waals surface area contributed by atoms with Crippen LogP contribution in [0.4, 0.5) is 5.82 Å². The molecule has 0 amide bonds. The summed E-state index contributed by atoms with van der Waals surface area (Å²) < 4.78 is 0. The van der Waals surface area contributed by atoms with Crippen LogP contribution in [0.25, 0.3) is 0 Å². The molecule has 1 aliphatic carbocycles. The van der Waals surface area contributed by atoms with Crippen molar-refractivity contribution in [2.45, 2.75) is 52.0 Å². The van der Waals surface area contributed by atoms with Crippen LogP contribution in [0.3, 0.4) is 0 Å². The summed E-state index contributed by atoms with van der Waals surface area (Å²) in [6.45, 7) is 4.38. The normalized spacial score (nSPS) is 16.9. The van der Waals surface area contributed by atoms with Crippen LogP contribution in [-0.4, -0.2) is 16.0 Å². The molecule has 1 N–H and O–H groups in total. The van der Waals surface area contributed by atoms with Crippen LogP contribution in [-0.2, 0) is 12.8 Å². The quantitative estimate of drug-likeness (QED) is 0.824. The van der Waals surface area contributed by atoms with Crippen LogP contribution in [0.2, 0.25) is 0 Å². The number of aryl methyl sites for hydroxylation is 1. The minimum Gasteiger partial charge on any atom is -0.367 e. The maximum Gasteiger partial charge on any atom is 0.133 e. The lowest BCUT2D eigenvalue weighted by molar-refractivity contribution is 0.659. The molecule has 15 heavy (non-hydrogen) atoms. The number of hydrogen-bond donors (Lipinski definition) is 1. The molecule has 2 rings (SSSR count). The van der Waals surface area contributed by atoms with Crippen LogP contribution in [0, 0.1) is 0 Å². The number of hydrogen-bond acceptors (Lipinski definition) is 3. The molecule has 0 spiro atoms. The molecule has 3 heteroatoms. The minimum atomic E-state index is 0.492. The van der Waals surface area contributed by atoms with Crippen molar-refractivity contribution in [3.8, 4) is 0 Å². The zero-order valence-electron chi connectivity index (χ0n) is 9.58. The smallest absolute Gasteiger partial charge is 0.133 e. The summed E-state index contributed by atoms with van der Waals surface area (Å²) in [6.07, 6.45) is 7.61. The third kappa shape index (κ3) is 2.28. The fourth-order valence-corrected chi connectivity index (χ4v) is 1.98. The van der Waals surface area contributed by atoms with E-state index < -0.39 is 0 Å². The summed E-state index contributed by atoms with van der Waals surface area (Å²) in [5.41, 5.74) is 2.60. The second kappa shape index (κ2) is 4.60.